The lowest BCUT2D eigenvalue weighted by Crippen LogP contribution is -2.36. The Labute approximate surface area is 173 Å². The molecule has 0 spiro atoms. The summed E-state index contributed by atoms with van der Waals surface area (Å²) in [5, 5.41) is 3.30. The molecular formula is C20H20Cl2N2O4. The molecule has 3 rings (SSSR count). The van der Waals surface area contributed by atoms with Crippen LogP contribution in [0.25, 0.3) is 0 Å². The van der Waals surface area contributed by atoms with Gasteiger partial charge in [0.1, 0.15) is 0 Å². The quantitative estimate of drug-likeness (QED) is 0.737. The van der Waals surface area contributed by atoms with Crippen LogP contribution in [0.5, 0.6) is 0 Å². The van der Waals surface area contributed by atoms with Gasteiger partial charge in [0.05, 0.1) is 23.8 Å². The molecule has 1 atom stereocenters. The van der Waals surface area contributed by atoms with Crippen molar-refractivity contribution in [1.82, 2.24) is 0 Å². The van der Waals surface area contributed by atoms with Crippen molar-refractivity contribution < 1.29 is 19.1 Å². The summed E-state index contributed by atoms with van der Waals surface area (Å²) in [5.74, 6) is -1.15. The number of benzene rings is 2. The highest BCUT2D eigenvalue weighted by molar-refractivity contribution is 6.35. The molecule has 1 amide bonds. The number of hydrogen-bond donors (Lipinski definition) is 1. The molecule has 0 bridgehead atoms. The summed E-state index contributed by atoms with van der Waals surface area (Å²) in [5.41, 5.74) is 1.80. The third-order valence-corrected chi connectivity index (χ3v) is 4.88. The van der Waals surface area contributed by atoms with E-state index in [0.717, 1.165) is 18.8 Å². The zero-order valence-corrected chi connectivity index (χ0v) is 16.8. The normalized spacial score (nSPS) is 15.0. The number of nitrogens with zero attached hydrogens (tertiary/aromatic N) is 1. The van der Waals surface area contributed by atoms with E-state index in [1.165, 1.54) is 19.1 Å². The maximum absolute atomic E-state index is 12.3. The zero-order valence-electron chi connectivity index (χ0n) is 15.3. The standard InChI is InChI=1S/C20H20Cl2N2O4/c1-13(28-20(26)17-12-14(21)2-7-18(17)22)19(25)23-15-3-5-16(6-4-15)24-8-10-27-11-9-24/h2-7,12-13H,8-11H2,1H3,(H,23,25). The Morgan fingerprint density at radius 3 is 2.46 bits per heavy atom. The monoisotopic (exact) mass is 422 g/mol. The van der Waals surface area contributed by atoms with E-state index >= 15 is 0 Å². The lowest BCUT2D eigenvalue weighted by molar-refractivity contribution is -0.123. The number of carbonyl (C=O) groups is 2. The van der Waals surface area contributed by atoms with Crippen LogP contribution in [0.3, 0.4) is 0 Å². The van der Waals surface area contributed by atoms with Crippen molar-refractivity contribution >= 4 is 46.5 Å². The van der Waals surface area contributed by atoms with Crippen molar-refractivity contribution in [2.45, 2.75) is 13.0 Å². The molecule has 1 fully saturated rings. The minimum absolute atomic E-state index is 0.115. The predicted molar refractivity (Wildman–Crippen MR) is 109 cm³/mol. The number of ether oxygens (including phenoxy) is 2. The SMILES string of the molecule is CC(OC(=O)c1cc(Cl)ccc1Cl)C(=O)Nc1ccc(N2CCOCC2)cc1. The van der Waals surface area contributed by atoms with Gasteiger partial charge in [-0.2, -0.15) is 0 Å². The molecule has 0 saturated carbocycles. The summed E-state index contributed by atoms with van der Waals surface area (Å²) in [6, 6.07) is 12.0. The van der Waals surface area contributed by atoms with E-state index in [1.807, 2.05) is 24.3 Å². The van der Waals surface area contributed by atoms with Crippen LogP contribution < -0.4 is 10.2 Å². The topological polar surface area (TPSA) is 67.9 Å². The van der Waals surface area contributed by atoms with Crippen LogP contribution in [0.15, 0.2) is 42.5 Å². The fourth-order valence-electron chi connectivity index (χ4n) is 2.75. The summed E-state index contributed by atoms with van der Waals surface area (Å²) < 4.78 is 10.6. The molecule has 1 unspecified atom stereocenters. The third-order valence-electron chi connectivity index (χ3n) is 4.31. The number of anilines is 2. The highest BCUT2D eigenvalue weighted by Crippen LogP contribution is 2.22. The van der Waals surface area contributed by atoms with Gasteiger partial charge in [0, 0.05) is 29.5 Å². The number of morpholine rings is 1. The molecule has 8 heteroatoms. The molecule has 1 aliphatic rings. The van der Waals surface area contributed by atoms with Gasteiger partial charge < -0.3 is 19.7 Å². The second-order valence-corrected chi connectivity index (χ2v) is 7.15. The smallest absolute Gasteiger partial charge is 0.340 e. The Hall–Kier alpha value is -2.28. The van der Waals surface area contributed by atoms with Gasteiger partial charge in [0.25, 0.3) is 5.91 Å². The van der Waals surface area contributed by atoms with Crippen LogP contribution in [0.1, 0.15) is 17.3 Å². The van der Waals surface area contributed by atoms with Crippen LogP contribution in [0, 0.1) is 0 Å². The zero-order chi connectivity index (χ0) is 20.1. The summed E-state index contributed by atoms with van der Waals surface area (Å²) in [4.78, 5) is 26.8. The molecular weight excluding hydrogens is 403 g/mol. The maximum Gasteiger partial charge on any atom is 0.340 e. The number of rotatable bonds is 5. The van der Waals surface area contributed by atoms with E-state index in [1.54, 1.807) is 6.07 Å². The summed E-state index contributed by atoms with van der Waals surface area (Å²) in [6.07, 6.45) is -0.999. The van der Waals surface area contributed by atoms with Gasteiger partial charge in [-0.25, -0.2) is 4.79 Å². The van der Waals surface area contributed by atoms with Crippen LogP contribution in [0.2, 0.25) is 10.0 Å². The lowest BCUT2D eigenvalue weighted by atomic mass is 10.2. The average molecular weight is 423 g/mol. The number of esters is 1. The minimum Gasteiger partial charge on any atom is -0.449 e. The van der Waals surface area contributed by atoms with Crippen molar-refractivity contribution in [3.05, 3.63) is 58.1 Å². The second-order valence-electron chi connectivity index (χ2n) is 6.31. The van der Waals surface area contributed by atoms with Gasteiger partial charge in [0.15, 0.2) is 6.10 Å². The van der Waals surface area contributed by atoms with E-state index in [4.69, 9.17) is 32.7 Å². The molecule has 6 nitrogen and oxygen atoms in total. The molecule has 1 aliphatic heterocycles. The van der Waals surface area contributed by atoms with Gasteiger partial charge in [-0.1, -0.05) is 23.2 Å². The molecule has 2 aromatic carbocycles. The first-order valence-electron chi connectivity index (χ1n) is 8.83. The number of amides is 1. The van der Waals surface area contributed by atoms with Gasteiger partial charge >= 0.3 is 5.97 Å². The first kappa shape index (κ1) is 20.5. The molecule has 148 valence electrons. The van der Waals surface area contributed by atoms with Crippen LogP contribution in [-0.2, 0) is 14.3 Å². The van der Waals surface area contributed by atoms with E-state index < -0.39 is 18.0 Å². The van der Waals surface area contributed by atoms with Gasteiger partial charge in [-0.15, -0.1) is 0 Å². The molecule has 28 heavy (non-hydrogen) atoms. The Morgan fingerprint density at radius 2 is 1.79 bits per heavy atom. The van der Waals surface area contributed by atoms with E-state index in [-0.39, 0.29) is 10.6 Å². The first-order chi connectivity index (χ1) is 13.4. The highest BCUT2D eigenvalue weighted by Gasteiger charge is 2.21. The Morgan fingerprint density at radius 1 is 1.11 bits per heavy atom. The number of halogens is 2. The Kier molecular flexibility index (Phi) is 6.78. The molecule has 2 aromatic rings. The maximum atomic E-state index is 12.3. The highest BCUT2D eigenvalue weighted by atomic mass is 35.5. The fraction of sp³-hybridized carbons (Fsp3) is 0.300. The lowest BCUT2D eigenvalue weighted by Gasteiger charge is -2.28. The minimum atomic E-state index is -0.999. The summed E-state index contributed by atoms with van der Waals surface area (Å²) >= 11 is 11.9. The Bertz CT molecular complexity index is 852. The molecule has 0 aromatic heterocycles. The number of hydrogen-bond acceptors (Lipinski definition) is 5. The largest absolute Gasteiger partial charge is 0.449 e. The Balaban J connectivity index is 1.57. The van der Waals surface area contributed by atoms with Crippen LogP contribution >= 0.6 is 23.2 Å². The second kappa shape index (κ2) is 9.28. The molecule has 1 heterocycles. The van der Waals surface area contributed by atoms with E-state index in [0.29, 0.717) is 23.9 Å². The number of nitrogens with one attached hydrogen (secondary N) is 1. The fourth-order valence-corrected chi connectivity index (χ4v) is 3.12. The van der Waals surface area contributed by atoms with Crippen LogP contribution in [0.4, 0.5) is 11.4 Å². The summed E-state index contributed by atoms with van der Waals surface area (Å²) in [6.45, 7) is 4.58. The molecule has 1 N–H and O–H groups in total. The number of carbonyl (C=O) groups excluding carboxylic acids is 2. The van der Waals surface area contributed by atoms with Crippen molar-refractivity contribution in [2.75, 3.05) is 36.5 Å². The molecule has 1 saturated heterocycles. The van der Waals surface area contributed by atoms with Crippen LogP contribution in [-0.4, -0.2) is 44.3 Å². The average Bonchev–Trinajstić information content (AvgIpc) is 2.71. The van der Waals surface area contributed by atoms with E-state index in [2.05, 4.69) is 10.2 Å². The third kappa shape index (κ3) is 5.16. The predicted octanol–water partition coefficient (Wildman–Crippen LogP) is 4.01. The van der Waals surface area contributed by atoms with Gasteiger partial charge in [-0.3, -0.25) is 4.79 Å². The van der Waals surface area contributed by atoms with Crippen molar-refractivity contribution in [1.29, 1.82) is 0 Å². The van der Waals surface area contributed by atoms with Crippen molar-refractivity contribution in [3.8, 4) is 0 Å². The van der Waals surface area contributed by atoms with Crippen molar-refractivity contribution in [3.63, 3.8) is 0 Å². The molecule has 0 radical (unpaired) electrons. The van der Waals surface area contributed by atoms with Gasteiger partial charge in [0.2, 0.25) is 0 Å². The van der Waals surface area contributed by atoms with Crippen molar-refractivity contribution in [2.24, 2.45) is 0 Å². The van der Waals surface area contributed by atoms with Gasteiger partial charge in [-0.05, 0) is 49.4 Å². The molecule has 0 aliphatic carbocycles. The van der Waals surface area contributed by atoms with E-state index in [9.17, 15) is 9.59 Å². The summed E-state index contributed by atoms with van der Waals surface area (Å²) in [7, 11) is 0. The first-order valence-corrected chi connectivity index (χ1v) is 9.59.